The molecule has 2 heterocycles. The molecular formula is C15H25NO6. The van der Waals surface area contributed by atoms with Crippen molar-refractivity contribution in [3.05, 3.63) is 16.9 Å². The molecular weight excluding hydrogens is 290 g/mol. The Morgan fingerprint density at radius 1 is 1.55 bits per heavy atom. The van der Waals surface area contributed by atoms with Gasteiger partial charge in [0.15, 0.2) is 5.60 Å². The van der Waals surface area contributed by atoms with Crippen molar-refractivity contribution in [1.29, 1.82) is 0 Å². The van der Waals surface area contributed by atoms with Crippen LogP contribution in [0, 0.1) is 11.1 Å². The number of rotatable bonds is 5. The number of nitrogens with zero attached hydrogens (tertiary/aromatic N) is 1. The molecule has 0 bridgehead atoms. The van der Waals surface area contributed by atoms with Crippen LogP contribution in [0.3, 0.4) is 0 Å². The van der Waals surface area contributed by atoms with Crippen molar-refractivity contribution >= 4 is 5.97 Å². The van der Waals surface area contributed by atoms with Crippen LogP contribution >= 0.6 is 0 Å². The number of carbonyl (C=O) groups is 1. The molecule has 0 radical (unpaired) electrons. The van der Waals surface area contributed by atoms with Crippen LogP contribution in [0.5, 0.6) is 0 Å². The second kappa shape index (κ2) is 5.90. The summed E-state index contributed by atoms with van der Waals surface area (Å²) < 4.78 is 4.64. The Morgan fingerprint density at radius 3 is 2.73 bits per heavy atom. The van der Waals surface area contributed by atoms with E-state index in [2.05, 4.69) is 0 Å². The maximum absolute atomic E-state index is 12.4. The molecule has 0 aromatic heterocycles. The quantitative estimate of drug-likeness (QED) is 0.278. The number of hydrogen-bond donors (Lipinski definition) is 3. The van der Waals surface area contributed by atoms with E-state index < -0.39 is 40.4 Å². The fraction of sp³-hybridized carbons (Fsp3) is 0.800. The Labute approximate surface area is 130 Å². The van der Waals surface area contributed by atoms with Gasteiger partial charge in [-0.1, -0.05) is 13.8 Å². The minimum atomic E-state index is -1.99. The summed E-state index contributed by atoms with van der Waals surface area (Å²) in [7, 11) is 0. The molecule has 2 aliphatic heterocycles. The van der Waals surface area contributed by atoms with E-state index in [0.29, 0.717) is 18.5 Å². The van der Waals surface area contributed by atoms with Gasteiger partial charge in [-0.2, -0.15) is 0 Å². The normalized spacial score (nSPS) is 35.0. The average Bonchev–Trinajstić information content (AvgIpc) is 2.92. The van der Waals surface area contributed by atoms with Gasteiger partial charge in [0.05, 0.1) is 19.2 Å². The zero-order chi connectivity index (χ0) is 16.7. The van der Waals surface area contributed by atoms with E-state index in [0.717, 1.165) is 0 Å². The highest BCUT2D eigenvalue weighted by Crippen LogP contribution is 2.36. The monoisotopic (exact) mass is 315 g/mol. The molecule has 0 amide bonds. The predicted octanol–water partition coefficient (Wildman–Crippen LogP) is -0.315. The molecule has 0 saturated carbocycles. The first-order valence-corrected chi connectivity index (χ1v) is 7.65. The summed E-state index contributed by atoms with van der Waals surface area (Å²) in [6, 6.07) is -0.591. The molecule has 3 N–H and O–H groups in total. The summed E-state index contributed by atoms with van der Waals surface area (Å²) >= 11 is 0. The molecule has 0 spiro atoms. The highest BCUT2D eigenvalue weighted by molar-refractivity contribution is 5.80. The number of esters is 1. The molecule has 0 aromatic rings. The summed E-state index contributed by atoms with van der Waals surface area (Å²) in [6.07, 6.45) is 0.127. The highest BCUT2D eigenvalue weighted by Gasteiger charge is 2.49. The van der Waals surface area contributed by atoms with Crippen LogP contribution < -0.4 is 0 Å². The number of aliphatic hydroxyl groups is 3. The van der Waals surface area contributed by atoms with E-state index in [9.17, 15) is 25.3 Å². The minimum Gasteiger partial charge on any atom is -0.632 e. The van der Waals surface area contributed by atoms with Gasteiger partial charge >= 0.3 is 5.97 Å². The molecule has 1 fully saturated rings. The first kappa shape index (κ1) is 17.4. The van der Waals surface area contributed by atoms with Gasteiger partial charge in [0.1, 0.15) is 18.8 Å². The maximum Gasteiger partial charge on any atom is 0.341 e. The van der Waals surface area contributed by atoms with Crippen LogP contribution in [0.4, 0.5) is 0 Å². The molecule has 22 heavy (non-hydrogen) atoms. The van der Waals surface area contributed by atoms with E-state index in [-0.39, 0.29) is 13.2 Å². The van der Waals surface area contributed by atoms with Crippen LogP contribution in [0.15, 0.2) is 11.6 Å². The summed E-state index contributed by atoms with van der Waals surface area (Å²) in [5.41, 5.74) is -1.40. The largest absolute Gasteiger partial charge is 0.632 e. The van der Waals surface area contributed by atoms with Gasteiger partial charge < -0.3 is 29.9 Å². The molecule has 2 aliphatic rings. The summed E-state index contributed by atoms with van der Waals surface area (Å²) in [5, 5.41) is 42.4. The number of fused-ring (bicyclic) bond motifs is 1. The Kier molecular flexibility index (Phi) is 4.66. The third-order valence-electron chi connectivity index (χ3n) is 4.93. The number of aliphatic hydroxyl groups excluding tert-OH is 2. The zero-order valence-electron chi connectivity index (χ0n) is 13.2. The van der Waals surface area contributed by atoms with Crippen molar-refractivity contribution in [2.24, 2.45) is 5.92 Å². The van der Waals surface area contributed by atoms with E-state index in [1.54, 1.807) is 19.9 Å². The van der Waals surface area contributed by atoms with E-state index in [1.807, 2.05) is 0 Å². The molecule has 1 unspecified atom stereocenters. The minimum absolute atomic E-state index is 0.148. The van der Waals surface area contributed by atoms with Crippen molar-refractivity contribution < 1.29 is 29.5 Å². The summed E-state index contributed by atoms with van der Waals surface area (Å²) in [5.74, 6) is -1.44. The molecule has 126 valence electrons. The van der Waals surface area contributed by atoms with Gasteiger partial charge in [-0.05, 0) is 18.9 Å². The SMILES string of the molecule is CC(C)[C@](O)(C(=O)OCC1=CC[N+]2([O-])CC[C@@H](O)[C@H]12)[C@@H](C)O. The first-order valence-electron chi connectivity index (χ1n) is 7.65. The van der Waals surface area contributed by atoms with Gasteiger partial charge in [0.25, 0.3) is 0 Å². The standard InChI is InChI=1S/C15H25NO6/c1-9(2)15(20,10(3)17)14(19)22-8-11-4-6-16(21)7-5-12(18)13(11)16/h4,9-10,12-13,17-18,20H,5-8H2,1-3H3/t10-,12-,13+,15-,16?/m1/s1. The number of ether oxygens (including phenoxy) is 1. The second-order valence-corrected chi connectivity index (χ2v) is 6.67. The van der Waals surface area contributed by atoms with Gasteiger partial charge in [0.2, 0.25) is 0 Å². The van der Waals surface area contributed by atoms with Crippen molar-refractivity contribution in [2.45, 2.75) is 51.0 Å². The fourth-order valence-electron chi connectivity index (χ4n) is 3.41. The van der Waals surface area contributed by atoms with Crippen molar-refractivity contribution in [1.82, 2.24) is 0 Å². The molecule has 0 aliphatic carbocycles. The van der Waals surface area contributed by atoms with E-state index in [4.69, 9.17) is 4.74 Å². The average molecular weight is 315 g/mol. The molecule has 0 aromatic carbocycles. The molecule has 5 atom stereocenters. The first-order chi connectivity index (χ1) is 10.1. The summed E-state index contributed by atoms with van der Waals surface area (Å²) in [4.78, 5) is 12.2. The number of hydroxylamine groups is 3. The van der Waals surface area contributed by atoms with Crippen LogP contribution in [0.25, 0.3) is 0 Å². The Bertz CT molecular complexity index is 467. The van der Waals surface area contributed by atoms with Crippen LogP contribution in [0.1, 0.15) is 27.2 Å². The lowest BCUT2D eigenvalue weighted by Crippen LogP contribution is -2.53. The zero-order valence-corrected chi connectivity index (χ0v) is 13.2. The molecule has 7 nitrogen and oxygen atoms in total. The smallest absolute Gasteiger partial charge is 0.341 e. The Balaban J connectivity index is 2.03. The molecule has 7 heteroatoms. The van der Waals surface area contributed by atoms with Crippen molar-refractivity contribution in [3.63, 3.8) is 0 Å². The van der Waals surface area contributed by atoms with Gasteiger partial charge in [-0.25, -0.2) is 4.79 Å². The third-order valence-corrected chi connectivity index (χ3v) is 4.93. The number of quaternary nitrogens is 1. The lowest BCUT2D eigenvalue weighted by Gasteiger charge is -2.40. The van der Waals surface area contributed by atoms with Crippen LogP contribution in [0.2, 0.25) is 0 Å². The van der Waals surface area contributed by atoms with E-state index >= 15 is 0 Å². The predicted molar refractivity (Wildman–Crippen MR) is 78.3 cm³/mol. The summed E-state index contributed by atoms with van der Waals surface area (Å²) in [6.45, 7) is 5.02. The van der Waals surface area contributed by atoms with Crippen molar-refractivity contribution in [3.8, 4) is 0 Å². The van der Waals surface area contributed by atoms with Gasteiger partial charge in [0, 0.05) is 12.0 Å². The number of carbonyl (C=O) groups excluding carboxylic acids is 1. The third kappa shape index (κ3) is 2.68. The topological polar surface area (TPSA) is 110 Å². The van der Waals surface area contributed by atoms with Crippen LogP contribution in [-0.2, 0) is 9.53 Å². The lowest BCUT2D eigenvalue weighted by molar-refractivity contribution is -0.877. The Hall–Kier alpha value is -0.990. The second-order valence-electron chi connectivity index (χ2n) is 6.67. The highest BCUT2D eigenvalue weighted by atomic mass is 16.6. The van der Waals surface area contributed by atoms with Gasteiger partial charge in [-0.15, -0.1) is 0 Å². The maximum atomic E-state index is 12.4. The molecule has 1 saturated heterocycles. The Morgan fingerprint density at radius 2 is 2.18 bits per heavy atom. The fourth-order valence-corrected chi connectivity index (χ4v) is 3.41. The number of hydrogen-bond acceptors (Lipinski definition) is 6. The van der Waals surface area contributed by atoms with E-state index in [1.165, 1.54) is 6.92 Å². The molecule has 2 rings (SSSR count). The van der Waals surface area contributed by atoms with Crippen molar-refractivity contribution in [2.75, 3.05) is 19.7 Å². The lowest BCUT2D eigenvalue weighted by atomic mass is 9.85. The van der Waals surface area contributed by atoms with Gasteiger partial charge in [-0.3, -0.25) is 0 Å². The van der Waals surface area contributed by atoms with Crippen LogP contribution in [-0.4, -0.2) is 69.5 Å².